The Balaban J connectivity index is 2.59. The highest BCUT2D eigenvalue weighted by molar-refractivity contribution is 5.63. The summed E-state index contributed by atoms with van der Waals surface area (Å²) in [6.45, 7) is -0.155. The molecule has 4 N–H and O–H groups in total. The summed E-state index contributed by atoms with van der Waals surface area (Å²) in [6.07, 6.45) is -6.86. The zero-order valence-corrected chi connectivity index (χ0v) is 9.03. The number of aliphatic hydroxyl groups excluding tert-OH is 1. The van der Waals surface area contributed by atoms with E-state index < -0.39 is 23.9 Å². The van der Waals surface area contributed by atoms with E-state index in [0.29, 0.717) is 0 Å². The lowest BCUT2D eigenvalue weighted by Gasteiger charge is -2.13. The molecular formula is C10H11F3N2O3. The maximum atomic E-state index is 12.3. The second-order valence-corrected chi connectivity index (χ2v) is 3.45. The molecule has 0 spiro atoms. The van der Waals surface area contributed by atoms with E-state index in [2.05, 4.69) is 5.43 Å². The number of rotatable bonds is 4. The maximum Gasteiger partial charge on any atom is 0.419 e. The van der Waals surface area contributed by atoms with Gasteiger partial charge in [0.25, 0.3) is 0 Å². The monoisotopic (exact) mass is 264 g/mol. The molecule has 0 saturated carbocycles. The van der Waals surface area contributed by atoms with Gasteiger partial charge in [0.2, 0.25) is 0 Å². The van der Waals surface area contributed by atoms with Gasteiger partial charge in [0.1, 0.15) is 0 Å². The number of halogens is 3. The summed E-state index contributed by atoms with van der Waals surface area (Å²) in [7, 11) is 0. The maximum absolute atomic E-state index is 12.3. The summed E-state index contributed by atoms with van der Waals surface area (Å²) in [4.78, 5) is 10.1. The number of hydrazine groups is 1. The molecule has 0 aromatic heterocycles. The molecule has 1 aromatic carbocycles. The van der Waals surface area contributed by atoms with E-state index in [1.165, 1.54) is 0 Å². The first kappa shape index (κ1) is 14.3. The molecule has 0 saturated heterocycles. The normalized spacial score (nSPS) is 13.1. The van der Waals surface area contributed by atoms with Gasteiger partial charge in [0, 0.05) is 6.54 Å². The predicted molar refractivity (Wildman–Crippen MR) is 55.6 cm³/mol. The first-order valence-corrected chi connectivity index (χ1v) is 4.87. The van der Waals surface area contributed by atoms with Crippen molar-refractivity contribution in [2.24, 2.45) is 0 Å². The van der Waals surface area contributed by atoms with Gasteiger partial charge in [-0.2, -0.15) is 13.2 Å². The fraction of sp³-hybridized carbons (Fsp3) is 0.300. The first-order chi connectivity index (χ1) is 8.30. The van der Waals surface area contributed by atoms with Crippen molar-refractivity contribution in [2.75, 3.05) is 6.54 Å². The third kappa shape index (κ3) is 4.22. The number of benzene rings is 1. The molecule has 1 aromatic rings. The summed E-state index contributed by atoms with van der Waals surface area (Å²) in [6, 6.07) is 3.97. The van der Waals surface area contributed by atoms with Crippen LogP contribution in [0.15, 0.2) is 24.3 Å². The number of aliphatic hydroxyl groups is 1. The van der Waals surface area contributed by atoms with Gasteiger partial charge in [-0.1, -0.05) is 12.1 Å². The average Bonchev–Trinajstić information content (AvgIpc) is 2.27. The van der Waals surface area contributed by atoms with E-state index in [-0.39, 0.29) is 12.1 Å². The van der Waals surface area contributed by atoms with Crippen LogP contribution in [0.25, 0.3) is 0 Å². The van der Waals surface area contributed by atoms with Crippen molar-refractivity contribution in [1.29, 1.82) is 0 Å². The lowest BCUT2D eigenvalue weighted by molar-refractivity contribution is -0.137. The summed E-state index contributed by atoms with van der Waals surface area (Å²) in [5.74, 6) is 0. The molecule has 0 fully saturated rings. The minimum atomic E-state index is -4.42. The fourth-order valence-electron chi connectivity index (χ4n) is 1.24. The largest absolute Gasteiger partial charge is 0.464 e. The molecule has 18 heavy (non-hydrogen) atoms. The molecule has 1 amide bonds. The predicted octanol–water partition coefficient (Wildman–Crippen LogP) is 1.51. The minimum absolute atomic E-state index is 0.155. The molecule has 1 rings (SSSR count). The Bertz CT molecular complexity index is 406. The van der Waals surface area contributed by atoms with Gasteiger partial charge in [-0.25, -0.2) is 10.2 Å². The second-order valence-electron chi connectivity index (χ2n) is 3.45. The number of alkyl halides is 3. The van der Waals surface area contributed by atoms with Crippen molar-refractivity contribution < 1.29 is 28.2 Å². The molecule has 0 aliphatic heterocycles. The molecule has 0 bridgehead atoms. The number of amides is 1. The quantitative estimate of drug-likeness (QED) is 0.621. The Kier molecular flexibility index (Phi) is 4.51. The topological polar surface area (TPSA) is 81.6 Å². The summed E-state index contributed by atoms with van der Waals surface area (Å²) in [5, 5.41) is 17.8. The van der Waals surface area contributed by atoms with E-state index in [1.807, 2.05) is 5.43 Å². The zero-order chi connectivity index (χ0) is 13.8. The molecule has 1 atom stereocenters. The number of carbonyl (C=O) groups is 1. The van der Waals surface area contributed by atoms with Crippen molar-refractivity contribution in [3.8, 4) is 0 Å². The van der Waals surface area contributed by atoms with Gasteiger partial charge in [0.05, 0.1) is 11.7 Å². The highest BCUT2D eigenvalue weighted by atomic mass is 19.4. The Morgan fingerprint density at radius 3 is 2.28 bits per heavy atom. The molecule has 0 heterocycles. The number of hydrogen-bond donors (Lipinski definition) is 4. The van der Waals surface area contributed by atoms with Crippen molar-refractivity contribution in [3.05, 3.63) is 35.4 Å². The molecule has 8 heteroatoms. The molecule has 0 aliphatic rings. The van der Waals surface area contributed by atoms with E-state index >= 15 is 0 Å². The first-order valence-electron chi connectivity index (χ1n) is 4.87. The summed E-state index contributed by atoms with van der Waals surface area (Å²) < 4.78 is 36.8. The highest BCUT2D eigenvalue weighted by Gasteiger charge is 2.30. The number of hydrogen-bond acceptors (Lipinski definition) is 3. The van der Waals surface area contributed by atoms with Gasteiger partial charge < -0.3 is 10.2 Å². The van der Waals surface area contributed by atoms with Crippen molar-refractivity contribution in [1.82, 2.24) is 10.9 Å². The van der Waals surface area contributed by atoms with Crippen LogP contribution in [-0.4, -0.2) is 22.9 Å². The number of carboxylic acid groups (broad SMARTS) is 1. The Hall–Kier alpha value is -1.80. The van der Waals surface area contributed by atoms with Gasteiger partial charge >= 0.3 is 12.3 Å². The lowest BCUT2D eigenvalue weighted by atomic mass is 10.1. The summed E-state index contributed by atoms with van der Waals surface area (Å²) >= 11 is 0. The van der Waals surface area contributed by atoms with Crippen LogP contribution >= 0.6 is 0 Å². The average molecular weight is 264 g/mol. The van der Waals surface area contributed by atoms with Crippen LogP contribution in [0.3, 0.4) is 0 Å². The smallest absolute Gasteiger partial charge is 0.419 e. The molecule has 5 nitrogen and oxygen atoms in total. The van der Waals surface area contributed by atoms with Gasteiger partial charge in [0.15, 0.2) is 0 Å². The zero-order valence-electron chi connectivity index (χ0n) is 9.03. The van der Waals surface area contributed by atoms with Crippen LogP contribution in [0, 0.1) is 0 Å². The van der Waals surface area contributed by atoms with E-state index in [0.717, 1.165) is 24.3 Å². The van der Waals surface area contributed by atoms with Crippen LogP contribution in [0.4, 0.5) is 18.0 Å². The minimum Gasteiger partial charge on any atom is -0.464 e. The molecule has 0 radical (unpaired) electrons. The fourth-order valence-corrected chi connectivity index (χ4v) is 1.24. The summed E-state index contributed by atoms with van der Waals surface area (Å²) in [5.41, 5.74) is 3.46. The Morgan fingerprint density at radius 2 is 1.83 bits per heavy atom. The molecular weight excluding hydrogens is 253 g/mol. The van der Waals surface area contributed by atoms with Gasteiger partial charge in [-0.15, -0.1) is 0 Å². The third-order valence-corrected chi connectivity index (χ3v) is 2.11. The van der Waals surface area contributed by atoms with Crippen LogP contribution in [0.2, 0.25) is 0 Å². The van der Waals surface area contributed by atoms with Crippen LogP contribution < -0.4 is 10.9 Å². The van der Waals surface area contributed by atoms with E-state index in [9.17, 15) is 23.1 Å². The van der Waals surface area contributed by atoms with Crippen molar-refractivity contribution >= 4 is 6.09 Å². The van der Waals surface area contributed by atoms with Crippen LogP contribution in [0.1, 0.15) is 17.2 Å². The standard InChI is InChI=1S/C10H11F3N2O3/c11-10(12,13)7-3-1-6(2-4-7)8(16)5-14-15-9(17)18/h1-4,8,14-16H,5H2,(H,17,18). The Morgan fingerprint density at radius 1 is 1.28 bits per heavy atom. The SMILES string of the molecule is O=C(O)NNCC(O)c1ccc(C(F)(F)F)cc1. The van der Waals surface area contributed by atoms with Crippen molar-refractivity contribution in [2.45, 2.75) is 12.3 Å². The molecule has 100 valence electrons. The number of nitrogens with one attached hydrogen (secondary N) is 2. The molecule has 0 aliphatic carbocycles. The lowest BCUT2D eigenvalue weighted by Crippen LogP contribution is -2.38. The van der Waals surface area contributed by atoms with Crippen molar-refractivity contribution in [3.63, 3.8) is 0 Å². The highest BCUT2D eigenvalue weighted by Crippen LogP contribution is 2.29. The molecule has 1 unspecified atom stereocenters. The van der Waals surface area contributed by atoms with Crippen LogP contribution in [-0.2, 0) is 6.18 Å². The van der Waals surface area contributed by atoms with E-state index in [1.54, 1.807) is 0 Å². The van der Waals surface area contributed by atoms with Gasteiger partial charge in [-0.3, -0.25) is 5.43 Å². The second kappa shape index (κ2) is 5.69. The van der Waals surface area contributed by atoms with Crippen LogP contribution in [0.5, 0.6) is 0 Å². The van der Waals surface area contributed by atoms with E-state index in [4.69, 9.17) is 5.11 Å². The Labute approximate surface area is 100 Å². The third-order valence-electron chi connectivity index (χ3n) is 2.11. The van der Waals surface area contributed by atoms with Gasteiger partial charge in [-0.05, 0) is 17.7 Å².